The molecule has 2 aliphatic heterocycles. The summed E-state index contributed by atoms with van der Waals surface area (Å²) < 4.78 is 0. The lowest BCUT2D eigenvalue weighted by Gasteiger charge is -2.29. The van der Waals surface area contributed by atoms with Gasteiger partial charge >= 0.3 is 0 Å². The smallest absolute Gasteiger partial charge is 0.201 e. The van der Waals surface area contributed by atoms with Crippen molar-refractivity contribution in [1.82, 2.24) is 10.2 Å². The van der Waals surface area contributed by atoms with Crippen LogP contribution in [0.15, 0.2) is 17.3 Å². The van der Waals surface area contributed by atoms with Crippen molar-refractivity contribution in [3.63, 3.8) is 0 Å². The lowest BCUT2D eigenvalue weighted by Crippen LogP contribution is -2.49. The summed E-state index contributed by atoms with van der Waals surface area (Å²) in [6.45, 7) is 3.66. The Labute approximate surface area is 77.3 Å². The van der Waals surface area contributed by atoms with E-state index in [9.17, 15) is 4.79 Å². The molecular formula is C9H13N3O. The number of ketones is 1. The standard InChI is InChI=1S/C9H13N3O/c13-8-2-1-3-11-9(8)12-6-4-10-5-7-12/h1,3,10H,2,4-7H2. The zero-order chi connectivity index (χ0) is 9.10. The molecule has 2 heterocycles. The Morgan fingerprint density at radius 2 is 2.15 bits per heavy atom. The quantitative estimate of drug-likeness (QED) is 0.559. The summed E-state index contributed by atoms with van der Waals surface area (Å²) in [7, 11) is 0. The first kappa shape index (κ1) is 8.44. The molecule has 0 bridgehead atoms. The Morgan fingerprint density at radius 3 is 2.85 bits per heavy atom. The van der Waals surface area contributed by atoms with Crippen molar-refractivity contribution in [2.45, 2.75) is 6.42 Å². The molecule has 70 valence electrons. The third kappa shape index (κ3) is 1.78. The van der Waals surface area contributed by atoms with Gasteiger partial charge in [0.1, 0.15) is 0 Å². The van der Waals surface area contributed by atoms with Crippen molar-refractivity contribution in [3.05, 3.63) is 12.3 Å². The van der Waals surface area contributed by atoms with Gasteiger partial charge in [0.15, 0.2) is 5.84 Å². The van der Waals surface area contributed by atoms with E-state index in [2.05, 4.69) is 15.2 Å². The van der Waals surface area contributed by atoms with Crippen molar-refractivity contribution in [1.29, 1.82) is 0 Å². The minimum absolute atomic E-state index is 0.143. The van der Waals surface area contributed by atoms with Crippen molar-refractivity contribution in [2.24, 2.45) is 4.99 Å². The molecule has 0 atom stereocenters. The van der Waals surface area contributed by atoms with E-state index in [0.29, 0.717) is 12.3 Å². The number of amidine groups is 1. The van der Waals surface area contributed by atoms with Gasteiger partial charge in [0.2, 0.25) is 5.78 Å². The fourth-order valence-electron chi connectivity index (χ4n) is 1.58. The number of Topliss-reactive ketones (excluding diaryl/α,β-unsaturated/α-hetero) is 1. The third-order valence-electron chi connectivity index (χ3n) is 2.27. The van der Waals surface area contributed by atoms with Gasteiger partial charge in [0.05, 0.1) is 0 Å². The van der Waals surface area contributed by atoms with E-state index in [1.165, 1.54) is 0 Å². The van der Waals surface area contributed by atoms with Crippen LogP contribution in [0.2, 0.25) is 0 Å². The molecule has 0 aromatic rings. The molecule has 0 saturated carbocycles. The molecule has 1 saturated heterocycles. The second-order valence-corrected chi connectivity index (χ2v) is 3.20. The largest absolute Gasteiger partial charge is 0.351 e. The monoisotopic (exact) mass is 179 g/mol. The van der Waals surface area contributed by atoms with Crippen LogP contribution >= 0.6 is 0 Å². The summed E-state index contributed by atoms with van der Waals surface area (Å²) in [5.74, 6) is 0.786. The summed E-state index contributed by atoms with van der Waals surface area (Å²) in [5, 5.41) is 3.24. The maximum absolute atomic E-state index is 11.4. The second kappa shape index (κ2) is 3.70. The van der Waals surface area contributed by atoms with E-state index in [1.54, 1.807) is 12.3 Å². The van der Waals surface area contributed by atoms with E-state index >= 15 is 0 Å². The summed E-state index contributed by atoms with van der Waals surface area (Å²) in [6.07, 6.45) is 4.02. The molecule has 0 aliphatic carbocycles. The molecule has 1 N–H and O–H groups in total. The zero-order valence-corrected chi connectivity index (χ0v) is 7.49. The van der Waals surface area contributed by atoms with Crippen molar-refractivity contribution < 1.29 is 4.79 Å². The zero-order valence-electron chi connectivity index (χ0n) is 7.49. The number of rotatable bonds is 0. The van der Waals surface area contributed by atoms with Crippen molar-refractivity contribution in [3.8, 4) is 0 Å². The number of aliphatic imine (C=N–C) groups is 1. The summed E-state index contributed by atoms with van der Waals surface area (Å²) in [5.41, 5.74) is 0. The lowest BCUT2D eigenvalue weighted by molar-refractivity contribution is -0.113. The van der Waals surface area contributed by atoms with Crippen LogP contribution in [0, 0.1) is 0 Å². The lowest BCUT2D eigenvalue weighted by atomic mass is 10.2. The highest BCUT2D eigenvalue weighted by atomic mass is 16.1. The predicted molar refractivity (Wildman–Crippen MR) is 50.6 cm³/mol. The molecule has 0 spiro atoms. The maximum Gasteiger partial charge on any atom is 0.201 e. The highest BCUT2D eigenvalue weighted by Gasteiger charge is 2.20. The van der Waals surface area contributed by atoms with E-state index in [4.69, 9.17) is 0 Å². The minimum Gasteiger partial charge on any atom is -0.351 e. The van der Waals surface area contributed by atoms with Crippen molar-refractivity contribution in [2.75, 3.05) is 26.2 Å². The van der Waals surface area contributed by atoms with Gasteiger partial charge < -0.3 is 10.2 Å². The number of carbonyl (C=O) groups excluding carboxylic acids is 1. The minimum atomic E-state index is 0.143. The van der Waals surface area contributed by atoms with Crippen LogP contribution < -0.4 is 5.32 Å². The molecule has 0 unspecified atom stereocenters. The molecule has 4 heteroatoms. The van der Waals surface area contributed by atoms with Gasteiger partial charge in [-0.3, -0.25) is 4.79 Å². The van der Waals surface area contributed by atoms with E-state index < -0.39 is 0 Å². The topological polar surface area (TPSA) is 44.7 Å². The number of carbonyl (C=O) groups is 1. The van der Waals surface area contributed by atoms with Gasteiger partial charge in [0.25, 0.3) is 0 Å². The maximum atomic E-state index is 11.4. The molecule has 13 heavy (non-hydrogen) atoms. The Bertz CT molecular complexity index is 264. The van der Waals surface area contributed by atoms with Crippen LogP contribution in [0.3, 0.4) is 0 Å². The number of nitrogens with one attached hydrogen (secondary N) is 1. The van der Waals surface area contributed by atoms with Crippen LogP contribution in [0.25, 0.3) is 0 Å². The molecule has 2 aliphatic rings. The number of allylic oxidation sites excluding steroid dienone is 1. The van der Waals surface area contributed by atoms with Crippen LogP contribution in [-0.2, 0) is 4.79 Å². The highest BCUT2D eigenvalue weighted by Crippen LogP contribution is 2.04. The van der Waals surface area contributed by atoms with Gasteiger partial charge in [-0.05, 0) is 0 Å². The molecular weight excluding hydrogens is 166 g/mol. The van der Waals surface area contributed by atoms with Gasteiger partial charge in [-0.25, -0.2) is 4.99 Å². The van der Waals surface area contributed by atoms with E-state index in [-0.39, 0.29) is 5.78 Å². The van der Waals surface area contributed by atoms with E-state index in [1.807, 2.05) is 0 Å². The molecule has 0 aromatic carbocycles. The highest BCUT2D eigenvalue weighted by molar-refractivity contribution is 6.39. The van der Waals surface area contributed by atoms with Gasteiger partial charge in [-0.1, -0.05) is 6.08 Å². The molecule has 2 rings (SSSR count). The average Bonchev–Trinajstić information content (AvgIpc) is 2.20. The molecule has 0 radical (unpaired) electrons. The van der Waals surface area contributed by atoms with Crippen LogP contribution in [-0.4, -0.2) is 42.7 Å². The molecule has 4 nitrogen and oxygen atoms in total. The van der Waals surface area contributed by atoms with Gasteiger partial charge in [-0.2, -0.15) is 0 Å². The SMILES string of the molecule is O=C1CC=CN=C1N1CCNCC1. The number of hydrogen-bond acceptors (Lipinski definition) is 4. The number of hydrogen-bond donors (Lipinski definition) is 1. The summed E-state index contributed by atoms with van der Waals surface area (Å²) in [6, 6.07) is 0. The predicted octanol–water partition coefficient (Wildman–Crippen LogP) is -0.223. The Morgan fingerprint density at radius 1 is 1.38 bits per heavy atom. The second-order valence-electron chi connectivity index (χ2n) is 3.20. The van der Waals surface area contributed by atoms with Gasteiger partial charge in [-0.15, -0.1) is 0 Å². The first-order valence-electron chi connectivity index (χ1n) is 4.59. The van der Waals surface area contributed by atoms with Crippen LogP contribution in [0.1, 0.15) is 6.42 Å². The molecule has 0 amide bonds. The summed E-state index contributed by atoms with van der Waals surface area (Å²) in [4.78, 5) is 17.6. The third-order valence-corrected chi connectivity index (χ3v) is 2.27. The Hall–Kier alpha value is -1.16. The fraction of sp³-hybridized carbons (Fsp3) is 0.556. The fourth-order valence-corrected chi connectivity index (χ4v) is 1.58. The first-order valence-corrected chi connectivity index (χ1v) is 4.59. The first-order chi connectivity index (χ1) is 6.38. The van der Waals surface area contributed by atoms with Crippen LogP contribution in [0.5, 0.6) is 0 Å². The summed E-state index contributed by atoms with van der Waals surface area (Å²) >= 11 is 0. The normalized spacial score (nSPS) is 23.2. The van der Waals surface area contributed by atoms with Gasteiger partial charge in [0, 0.05) is 38.8 Å². The molecule has 1 fully saturated rings. The Balaban J connectivity index is 2.09. The van der Waals surface area contributed by atoms with E-state index in [0.717, 1.165) is 26.2 Å². The Kier molecular flexibility index (Phi) is 2.40. The van der Waals surface area contributed by atoms with Crippen molar-refractivity contribution >= 4 is 11.6 Å². The average molecular weight is 179 g/mol. The van der Waals surface area contributed by atoms with Crippen LogP contribution in [0.4, 0.5) is 0 Å². The number of nitrogens with zero attached hydrogens (tertiary/aromatic N) is 2. The number of piperazine rings is 1. The molecule has 0 aromatic heterocycles.